The molecular formula is C31H39N3O4S. The summed E-state index contributed by atoms with van der Waals surface area (Å²) in [5, 5.41) is 2.92. The largest absolute Gasteiger partial charge is 0.352 e. The highest BCUT2D eigenvalue weighted by atomic mass is 32.2. The molecule has 0 aromatic heterocycles. The lowest BCUT2D eigenvalue weighted by Gasteiger charge is -2.34. The van der Waals surface area contributed by atoms with Crippen LogP contribution in [0.4, 0.5) is 5.69 Å². The molecule has 0 fully saturated rings. The molecule has 0 aliphatic rings. The number of benzene rings is 3. The van der Waals surface area contributed by atoms with Gasteiger partial charge in [-0.3, -0.25) is 13.9 Å². The van der Waals surface area contributed by atoms with Gasteiger partial charge in [0, 0.05) is 12.6 Å². The average molecular weight is 550 g/mol. The molecule has 3 aromatic carbocycles. The van der Waals surface area contributed by atoms with Crippen molar-refractivity contribution in [3.8, 4) is 0 Å². The predicted molar refractivity (Wildman–Crippen MR) is 156 cm³/mol. The number of para-hydroxylation sites is 1. The zero-order valence-corrected chi connectivity index (χ0v) is 24.2. The summed E-state index contributed by atoms with van der Waals surface area (Å²) in [6.07, 6.45) is 0.972. The van der Waals surface area contributed by atoms with Crippen LogP contribution in [0.25, 0.3) is 0 Å². The Morgan fingerprint density at radius 3 is 2.03 bits per heavy atom. The van der Waals surface area contributed by atoms with Gasteiger partial charge in [-0.05, 0) is 68.5 Å². The molecule has 2 amide bonds. The Labute approximate surface area is 232 Å². The van der Waals surface area contributed by atoms with E-state index in [-0.39, 0.29) is 23.4 Å². The normalized spacial score (nSPS) is 12.2. The van der Waals surface area contributed by atoms with Crippen LogP contribution in [0.3, 0.4) is 0 Å². The zero-order chi connectivity index (χ0) is 28.6. The van der Waals surface area contributed by atoms with Gasteiger partial charge >= 0.3 is 0 Å². The fraction of sp³-hybridized carbons (Fsp3) is 0.355. The van der Waals surface area contributed by atoms with Crippen molar-refractivity contribution >= 4 is 27.5 Å². The number of rotatable bonds is 12. The lowest BCUT2D eigenvalue weighted by molar-refractivity contribution is -0.140. The first kappa shape index (κ1) is 29.9. The van der Waals surface area contributed by atoms with Crippen LogP contribution in [-0.4, -0.2) is 43.8 Å². The Bertz CT molecular complexity index is 1370. The topological polar surface area (TPSA) is 86.8 Å². The number of nitrogens with zero attached hydrogens (tertiary/aromatic N) is 2. The first-order chi connectivity index (χ1) is 18.6. The smallest absolute Gasteiger partial charge is 0.264 e. The molecule has 7 nitrogen and oxygen atoms in total. The number of hydrogen-bond donors (Lipinski definition) is 1. The summed E-state index contributed by atoms with van der Waals surface area (Å²) in [4.78, 5) is 29.0. The molecule has 0 radical (unpaired) electrons. The molecule has 1 atom stereocenters. The molecule has 0 saturated carbocycles. The highest BCUT2D eigenvalue weighted by Crippen LogP contribution is 2.28. The van der Waals surface area contributed by atoms with Gasteiger partial charge in [-0.1, -0.05) is 74.5 Å². The quantitative estimate of drug-likeness (QED) is 0.341. The first-order valence-electron chi connectivity index (χ1n) is 13.4. The maximum Gasteiger partial charge on any atom is 0.264 e. The van der Waals surface area contributed by atoms with E-state index in [1.54, 1.807) is 30.3 Å². The Hall–Kier alpha value is -3.65. The minimum atomic E-state index is -4.08. The van der Waals surface area contributed by atoms with Crippen molar-refractivity contribution in [2.24, 2.45) is 0 Å². The predicted octanol–water partition coefficient (Wildman–Crippen LogP) is 5.08. The second kappa shape index (κ2) is 13.4. The summed E-state index contributed by atoms with van der Waals surface area (Å²) in [5.41, 5.74) is 3.14. The summed E-state index contributed by atoms with van der Waals surface area (Å²) in [5.74, 6) is -0.713. The maximum absolute atomic E-state index is 14.2. The zero-order valence-electron chi connectivity index (χ0n) is 23.4. The molecule has 3 rings (SSSR count). The number of aryl methyl sites for hydroxylation is 2. The summed E-state index contributed by atoms with van der Waals surface area (Å²) >= 11 is 0. The van der Waals surface area contributed by atoms with Crippen molar-refractivity contribution in [3.05, 3.63) is 95.6 Å². The van der Waals surface area contributed by atoms with E-state index in [4.69, 9.17) is 0 Å². The van der Waals surface area contributed by atoms with E-state index in [9.17, 15) is 18.0 Å². The van der Waals surface area contributed by atoms with Crippen LogP contribution in [0.5, 0.6) is 0 Å². The van der Waals surface area contributed by atoms with Gasteiger partial charge in [0.05, 0.1) is 10.6 Å². The third-order valence-electron chi connectivity index (χ3n) is 6.67. The van der Waals surface area contributed by atoms with E-state index in [0.29, 0.717) is 18.5 Å². The molecule has 0 spiro atoms. The number of sulfonamides is 1. The lowest BCUT2D eigenvalue weighted by atomic mass is 10.1. The summed E-state index contributed by atoms with van der Waals surface area (Å²) < 4.78 is 29.1. The number of anilines is 1. The molecule has 208 valence electrons. The summed E-state index contributed by atoms with van der Waals surface area (Å²) in [6, 6.07) is 22.1. The van der Waals surface area contributed by atoms with Crippen molar-refractivity contribution in [3.63, 3.8) is 0 Å². The van der Waals surface area contributed by atoms with Gasteiger partial charge in [-0.2, -0.15) is 0 Å². The van der Waals surface area contributed by atoms with Crippen molar-refractivity contribution in [2.45, 2.75) is 71.0 Å². The van der Waals surface area contributed by atoms with Gasteiger partial charge < -0.3 is 10.2 Å². The molecule has 39 heavy (non-hydrogen) atoms. The van der Waals surface area contributed by atoms with E-state index in [1.807, 2.05) is 71.0 Å². The second-order valence-corrected chi connectivity index (χ2v) is 11.7. The van der Waals surface area contributed by atoms with E-state index >= 15 is 0 Å². The Morgan fingerprint density at radius 2 is 1.44 bits per heavy atom. The first-order valence-corrected chi connectivity index (χ1v) is 14.8. The minimum Gasteiger partial charge on any atom is -0.352 e. The monoisotopic (exact) mass is 549 g/mol. The van der Waals surface area contributed by atoms with E-state index in [2.05, 4.69) is 5.32 Å². The van der Waals surface area contributed by atoms with Crippen molar-refractivity contribution < 1.29 is 18.0 Å². The van der Waals surface area contributed by atoms with Crippen LogP contribution in [0.1, 0.15) is 50.8 Å². The highest BCUT2D eigenvalue weighted by molar-refractivity contribution is 7.92. The minimum absolute atomic E-state index is 0.0961. The van der Waals surface area contributed by atoms with E-state index in [0.717, 1.165) is 16.7 Å². The molecule has 1 unspecified atom stereocenters. The molecule has 0 aliphatic carbocycles. The molecule has 0 heterocycles. The highest BCUT2D eigenvalue weighted by Gasteiger charge is 2.34. The van der Waals surface area contributed by atoms with Crippen LogP contribution in [-0.2, 0) is 32.6 Å². The van der Waals surface area contributed by atoms with Crippen LogP contribution in [0.15, 0.2) is 83.8 Å². The number of carbonyl (C=O) groups excluding carboxylic acids is 2. The standard InChI is InChI=1S/C31H39N3O4S/c1-6-25-16-13-14-20-29(25)34(39(37,38)27-18-9-8-10-19-27)22-30(35)33(21-26-17-12-11-15-24(26)5)28(7-2)31(36)32-23(3)4/h8-20,23,28H,6-7,21-22H2,1-5H3,(H,32,36). The molecule has 3 aromatic rings. The van der Waals surface area contributed by atoms with Gasteiger partial charge in [0.2, 0.25) is 11.8 Å². The molecule has 1 N–H and O–H groups in total. The van der Waals surface area contributed by atoms with Gasteiger partial charge in [0.15, 0.2) is 0 Å². The summed E-state index contributed by atoms with van der Waals surface area (Å²) in [6.45, 7) is 9.24. The van der Waals surface area contributed by atoms with Gasteiger partial charge in [-0.25, -0.2) is 8.42 Å². The lowest BCUT2D eigenvalue weighted by Crippen LogP contribution is -2.53. The Morgan fingerprint density at radius 1 is 0.846 bits per heavy atom. The van der Waals surface area contributed by atoms with Crippen LogP contribution in [0.2, 0.25) is 0 Å². The summed E-state index contributed by atoms with van der Waals surface area (Å²) in [7, 11) is -4.08. The second-order valence-electron chi connectivity index (χ2n) is 9.84. The number of hydrogen-bond acceptors (Lipinski definition) is 4. The van der Waals surface area contributed by atoms with Gasteiger partial charge in [0.1, 0.15) is 12.6 Å². The maximum atomic E-state index is 14.2. The SMILES string of the molecule is CCc1ccccc1N(CC(=O)N(Cc1ccccc1C)C(CC)C(=O)NC(C)C)S(=O)(=O)c1ccccc1. The van der Waals surface area contributed by atoms with Crippen molar-refractivity contribution in [1.29, 1.82) is 0 Å². The molecular weight excluding hydrogens is 510 g/mol. The third-order valence-corrected chi connectivity index (χ3v) is 8.44. The number of carbonyl (C=O) groups is 2. The number of amides is 2. The molecule has 0 bridgehead atoms. The number of nitrogens with one attached hydrogen (secondary N) is 1. The third kappa shape index (κ3) is 7.26. The Kier molecular flexibility index (Phi) is 10.3. The van der Waals surface area contributed by atoms with E-state index in [1.165, 1.54) is 21.3 Å². The van der Waals surface area contributed by atoms with Crippen molar-refractivity contribution in [2.75, 3.05) is 10.8 Å². The Balaban J connectivity index is 2.10. The van der Waals surface area contributed by atoms with Gasteiger partial charge in [0.25, 0.3) is 10.0 Å². The molecule has 0 saturated heterocycles. The molecule has 8 heteroatoms. The van der Waals surface area contributed by atoms with Gasteiger partial charge in [-0.15, -0.1) is 0 Å². The van der Waals surface area contributed by atoms with E-state index < -0.39 is 28.5 Å². The molecule has 0 aliphatic heterocycles. The fourth-order valence-electron chi connectivity index (χ4n) is 4.56. The van der Waals surface area contributed by atoms with Crippen LogP contribution >= 0.6 is 0 Å². The average Bonchev–Trinajstić information content (AvgIpc) is 2.92. The fourth-order valence-corrected chi connectivity index (χ4v) is 6.03. The van der Waals surface area contributed by atoms with Crippen molar-refractivity contribution in [1.82, 2.24) is 10.2 Å². The van der Waals surface area contributed by atoms with Crippen LogP contribution in [0, 0.1) is 6.92 Å². The van der Waals surface area contributed by atoms with Crippen LogP contribution < -0.4 is 9.62 Å².